The number of imidazole rings is 1. The van der Waals surface area contributed by atoms with E-state index in [1.54, 1.807) is 29.1 Å². The molecule has 7 heteroatoms. The van der Waals surface area contributed by atoms with E-state index >= 15 is 0 Å². The zero-order valence-corrected chi connectivity index (χ0v) is 14.6. The number of ketones is 1. The molecule has 0 amide bonds. The van der Waals surface area contributed by atoms with E-state index in [1.165, 1.54) is 6.07 Å². The highest BCUT2D eigenvalue weighted by molar-refractivity contribution is 6.29. The number of aryl methyl sites for hydroxylation is 1. The molecule has 3 heterocycles. The van der Waals surface area contributed by atoms with E-state index in [-0.39, 0.29) is 18.6 Å². The van der Waals surface area contributed by atoms with Crippen LogP contribution < -0.4 is 0 Å². The van der Waals surface area contributed by atoms with Crippen LogP contribution in [0.3, 0.4) is 0 Å². The number of hydrogen-bond donors (Lipinski definition) is 0. The Morgan fingerprint density at radius 2 is 2.04 bits per heavy atom. The molecule has 128 valence electrons. The molecule has 25 heavy (non-hydrogen) atoms. The average molecular weight is 359 g/mol. The summed E-state index contributed by atoms with van der Waals surface area (Å²) in [5.41, 5.74) is 2.87. The number of rotatable bonds is 5. The number of halogens is 2. The number of nitrogens with zero attached hydrogens (tertiary/aromatic N) is 4. The first kappa shape index (κ1) is 17.2. The molecule has 0 bridgehead atoms. The zero-order valence-electron chi connectivity index (χ0n) is 13.8. The number of carbonyl (C=O) groups is 1. The minimum absolute atomic E-state index is 0.0207. The predicted octanol–water partition coefficient (Wildman–Crippen LogP) is 3.43. The van der Waals surface area contributed by atoms with Gasteiger partial charge in [-0.3, -0.25) is 14.3 Å². The maximum atomic E-state index is 13.4. The molecule has 5 nitrogen and oxygen atoms in total. The molecular formula is C18H16ClFN4O. The second kappa shape index (κ2) is 7.11. The Bertz CT molecular complexity index is 939. The summed E-state index contributed by atoms with van der Waals surface area (Å²) in [6, 6.07) is 4.83. The molecule has 0 saturated carbocycles. The highest BCUT2D eigenvalue weighted by atomic mass is 35.5. The van der Waals surface area contributed by atoms with Gasteiger partial charge in [-0.05, 0) is 31.5 Å². The second-order valence-electron chi connectivity index (χ2n) is 5.77. The van der Waals surface area contributed by atoms with E-state index in [0.29, 0.717) is 22.4 Å². The monoisotopic (exact) mass is 358 g/mol. The van der Waals surface area contributed by atoms with Crippen LogP contribution in [0.1, 0.15) is 22.8 Å². The SMILES string of the molecule is Cc1nc(CC(=O)Cc2ccnc(Cl)c2)c(C)n1-c1cncc(F)c1. The first-order chi connectivity index (χ1) is 11.9. The fraction of sp³-hybridized carbons (Fsp3) is 0.222. The van der Waals surface area contributed by atoms with Gasteiger partial charge in [0.2, 0.25) is 0 Å². The summed E-state index contributed by atoms with van der Waals surface area (Å²) in [7, 11) is 0. The third kappa shape index (κ3) is 3.91. The van der Waals surface area contributed by atoms with Crippen LogP contribution >= 0.6 is 11.6 Å². The van der Waals surface area contributed by atoms with E-state index in [4.69, 9.17) is 11.6 Å². The molecule has 3 aromatic heterocycles. The van der Waals surface area contributed by atoms with Crippen LogP contribution in [0.15, 0.2) is 36.8 Å². The van der Waals surface area contributed by atoms with Gasteiger partial charge in [-0.2, -0.15) is 0 Å². The van der Waals surface area contributed by atoms with Crippen LogP contribution in [0.25, 0.3) is 5.69 Å². The van der Waals surface area contributed by atoms with Crippen LogP contribution in [0, 0.1) is 19.7 Å². The smallest absolute Gasteiger partial charge is 0.143 e. The fourth-order valence-electron chi connectivity index (χ4n) is 2.80. The normalized spacial score (nSPS) is 10.9. The van der Waals surface area contributed by atoms with E-state index in [9.17, 15) is 9.18 Å². The van der Waals surface area contributed by atoms with Crippen LogP contribution in [0.2, 0.25) is 5.15 Å². The molecule has 0 aliphatic rings. The second-order valence-corrected chi connectivity index (χ2v) is 6.15. The molecule has 0 spiro atoms. The molecule has 0 saturated heterocycles. The first-order valence-electron chi connectivity index (χ1n) is 7.72. The van der Waals surface area contributed by atoms with Gasteiger partial charge in [-0.15, -0.1) is 0 Å². The van der Waals surface area contributed by atoms with Crippen molar-refractivity contribution in [1.29, 1.82) is 0 Å². The maximum Gasteiger partial charge on any atom is 0.143 e. The lowest BCUT2D eigenvalue weighted by atomic mass is 10.1. The number of pyridine rings is 2. The van der Waals surface area contributed by atoms with Gasteiger partial charge in [0.25, 0.3) is 0 Å². The lowest BCUT2D eigenvalue weighted by Crippen LogP contribution is -2.08. The fourth-order valence-corrected chi connectivity index (χ4v) is 2.99. The van der Waals surface area contributed by atoms with Crippen molar-refractivity contribution in [3.8, 4) is 5.69 Å². The Morgan fingerprint density at radius 1 is 1.24 bits per heavy atom. The molecule has 3 rings (SSSR count). The molecule has 0 fully saturated rings. The third-order valence-corrected chi connectivity index (χ3v) is 4.09. The Labute approximate surface area is 149 Å². The summed E-state index contributed by atoms with van der Waals surface area (Å²) >= 11 is 5.84. The summed E-state index contributed by atoms with van der Waals surface area (Å²) in [6.45, 7) is 3.67. The van der Waals surface area contributed by atoms with Gasteiger partial charge in [0.1, 0.15) is 22.6 Å². The molecule has 0 aromatic carbocycles. The van der Waals surface area contributed by atoms with E-state index in [1.807, 2.05) is 13.8 Å². The van der Waals surface area contributed by atoms with Crippen LogP contribution in [-0.4, -0.2) is 25.3 Å². The first-order valence-corrected chi connectivity index (χ1v) is 8.09. The quantitative estimate of drug-likeness (QED) is 0.656. The topological polar surface area (TPSA) is 60.7 Å². The van der Waals surface area contributed by atoms with Gasteiger partial charge in [0, 0.05) is 24.4 Å². The summed E-state index contributed by atoms with van der Waals surface area (Å²) in [6.07, 6.45) is 4.74. The lowest BCUT2D eigenvalue weighted by Gasteiger charge is -2.07. The van der Waals surface area contributed by atoms with Crippen molar-refractivity contribution in [1.82, 2.24) is 19.5 Å². The average Bonchev–Trinajstić information content (AvgIpc) is 2.81. The largest absolute Gasteiger partial charge is 0.299 e. The maximum absolute atomic E-state index is 13.4. The number of hydrogen-bond acceptors (Lipinski definition) is 4. The number of aromatic nitrogens is 4. The van der Waals surface area contributed by atoms with Gasteiger partial charge in [-0.1, -0.05) is 11.6 Å². The molecule has 0 aliphatic carbocycles. The van der Waals surface area contributed by atoms with Crippen LogP contribution in [0.5, 0.6) is 0 Å². The zero-order chi connectivity index (χ0) is 18.0. The molecule has 0 unspecified atom stereocenters. The predicted molar refractivity (Wildman–Crippen MR) is 92.5 cm³/mol. The summed E-state index contributed by atoms with van der Waals surface area (Å²) in [5.74, 6) is 0.282. The van der Waals surface area contributed by atoms with Gasteiger partial charge < -0.3 is 0 Å². The van der Waals surface area contributed by atoms with Crippen molar-refractivity contribution < 1.29 is 9.18 Å². The lowest BCUT2D eigenvalue weighted by molar-refractivity contribution is -0.117. The van der Waals surface area contributed by atoms with Gasteiger partial charge >= 0.3 is 0 Å². The minimum Gasteiger partial charge on any atom is -0.299 e. The highest BCUT2D eigenvalue weighted by Gasteiger charge is 2.16. The summed E-state index contributed by atoms with van der Waals surface area (Å²) in [5, 5.41) is 0.361. The Morgan fingerprint density at radius 3 is 2.76 bits per heavy atom. The third-order valence-electron chi connectivity index (χ3n) is 3.88. The van der Waals surface area contributed by atoms with Crippen molar-refractivity contribution in [3.05, 3.63) is 70.5 Å². The van der Waals surface area contributed by atoms with E-state index in [2.05, 4.69) is 15.0 Å². The highest BCUT2D eigenvalue weighted by Crippen LogP contribution is 2.19. The molecule has 0 aliphatic heterocycles. The minimum atomic E-state index is -0.419. The van der Waals surface area contributed by atoms with Gasteiger partial charge in [0.15, 0.2) is 0 Å². The Kier molecular flexibility index (Phi) is 4.90. The van der Waals surface area contributed by atoms with Crippen molar-refractivity contribution in [2.75, 3.05) is 0 Å². The van der Waals surface area contributed by atoms with Gasteiger partial charge in [-0.25, -0.2) is 14.4 Å². The summed E-state index contributed by atoms with van der Waals surface area (Å²) in [4.78, 5) is 24.6. The van der Waals surface area contributed by atoms with Crippen molar-refractivity contribution in [2.24, 2.45) is 0 Å². The van der Waals surface area contributed by atoms with E-state index in [0.717, 1.165) is 17.5 Å². The number of carbonyl (C=O) groups excluding carboxylic acids is 1. The molecule has 0 atom stereocenters. The van der Waals surface area contributed by atoms with E-state index < -0.39 is 5.82 Å². The number of Topliss-reactive ketones (excluding diaryl/α,β-unsaturated/α-hetero) is 1. The molecule has 0 N–H and O–H groups in total. The van der Waals surface area contributed by atoms with Crippen LogP contribution in [0.4, 0.5) is 4.39 Å². The van der Waals surface area contributed by atoms with Crippen molar-refractivity contribution in [2.45, 2.75) is 26.7 Å². The van der Waals surface area contributed by atoms with Crippen molar-refractivity contribution >= 4 is 17.4 Å². The molecule has 0 radical (unpaired) electrons. The van der Waals surface area contributed by atoms with Crippen molar-refractivity contribution in [3.63, 3.8) is 0 Å². The molecule has 3 aromatic rings. The standard InChI is InChI=1S/C18H16ClFN4O/c1-11-17(8-16(25)5-13-3-4-22-18(19)6-13)23-12(2)24(11)15-7-14(20)9-21-10-15/h3-4,6-7,9-10H,5,8H2,1-2H3. The Balaban J connectivity index is 1.82. The molecular weight excluding hydrogens is 343 g/mol. The summed E-state index contributed by atoms with van der Waals surface area (Å²) < 4.78 is 15.2. The van der Waals surface area contributed by atoms with Gasteiger partial charge in [0.05, 0.1) is 30.2 Å². The Hall–Kier alpha value is -2.60. The van der Waals surface area contributed by atoms with Crippen LogP contribution in [-0.2, 0) is 17.6 Å².